The third-order valence-electron chi connectivity index (χ3n) is 3.40. The first-order valence-corrected chi connectivity index (χ1v) is 8.34. The molecule has 1 aliphatic heterocycles. The quantitative estimate of drug-likeness (QED) is 0.523. The minimum Gasteiger partial charge on any atom is -0.341 e. The molecule has 1 aromatic heterocycles. The van der Waals surface area contributed by atoms with Gasteiger partial charge in [0.2, 0.25) is 5.95 Å². The molecule has 0 bridgehead atoms. The zero-order valence-corrected chi connectivity index (χ0v) is 14.8. The predicted molar refractivity (Wildman–Crippen MR) is 89.1 cm³/mol. The molecule has 0 amide bonds. The Labute approximate surface area is 134 Å². The van der Waals surface area contributed by atoms with E-state index in [2.05, 4.69) is 53.2 Å². The van der Waals surface area contributed by atoms with Crippen LogP contribution in [0.4, 0.5) is 5.95 Å². The van der Waals surface area contributed by atoms with Crippen molar-refractivity contribution in [1.82, 2.24) is 9.97 Å². The standard InChI is InChI=1S/C14H21ClIN3/c1-14(2,3)11-10(16)12(15)18-13(17-11)19-8-6-4-5-7-9-19/h4-9H2,1-3H3. The Bertz CT molecular complexity index is 449. The predicted octanol–water partition coefficient (Wildman–Crippen LogP) is 4.41. The number of anilines is 1. The van der Waals surface area contributed by atoms with Crippen LogP contribution in [0.3, 0.4) is 0 Å². The third kappa shape index (κ3) is 3.72. The van der Waals surface area contributed by atoms with Gasteiger partial charge in [0.1, 0.15) is 5.15 Å². The fourth-order valence-electron chi connectivity index (χ4n) is 2.32. The average Bonchev–Trinajstić information content (AvgIpc) is 2.59. The molecule has 2 heterocycles. The molecule has 0 aliphatic carbocycles. The second kappa shape index (κ2) is 6.12. The maximum Gasteiger partial charge on any atom is 0.227 e. The molecule has 106 valence electrons. The van der Waals surface area contributed by atoms with Crippen LogP contribution in [0, 0.1) is 3.57 Å². The van der Waals surface area contributed by atoms with E-state index in [1.54, 1.807) is 0 Å². The molecule has 0 N–H and O–H groups in total. The molecule has 1 aromatic rings. The zero-order chi connectivity index (χ0) is 14.0. The molecule has 1 saturated heterocycles. The molecule has 0 aromatic carbocycles. The van der Waals surface area contributed by atoms with Crippen LogP contribution in [0.2, 0.25) is 5.15 Å². The fourth-order valence-corrected chi connectivity index (χ4v) is 3.53. The third-order valence-corrected chi connectivity index (χ3v) is 5.01. The summed E-state index contributed by atoms with van der Waals surface area (Å²) in [6.07, 6.45) is 5.05. The Kier molecular flexibility index (Phi) is 4.93. The minimum atomic E-state index is -0.0102. The Hall–Kier alpha value is -0.100. The number of rotatable bonds is 1. The van der Waals surface area contributed by atoms with Crippen LogP contribution >= 0.6 is 34.2 Å². The van der Waals surface area contributed by atoms with Gasteiger partial charge in [-0.2, -0.15) is 4.98 Å². The van der Waals surface area contributed by atoms with Crippen molar-refractivity contribution in [3.8, 4) is 0 Å². The molecule has 5 heteroatoms. The topological polar surface area (TPSA) is 29.0 Å². The summed E-state index contributed by atoms with van der Waals surface area (Å²) in [6, 6.07) is 0. The van der Waals surface area contributed by atoms with Crippen LogP contribution in [0.15, 0.2) is 0 Å². The molecule has 3 nitrogen and oxygen atoms in total. The molecule has 0 unspecified atom stereocenters. The van der Waals surface area contributed by atoms with Crippen molar-refractivity contribution < 1.29 is 0 Å². The highest BCUT2D eigenvalue weighted by molar-refractivity contribution is 14.1. The molecule has 19 heavy (non-hydrogen) atoms. The molecule has 0 atom stereocenters. The van der Waals surface area contributed by atoms with Crippen LogP contribution in [0.1, 0.15) is 52.1 Å². The average molecular weight is 394 g/mol. The summed E-state index contributed by atoms with van der Waals surface area (Å²) >= 11 is 8.55. The van der Waals surface area contributed by atoms with Gasteiger partial charge >= 0.3 is 0 Å². The maximum absolute atomic E-state index is 6.30. The van der Waals surface area contributed by atoms with E-state index in [0.29, 0.717) is 5.15 Å². The highest BCUT2D eigenvalue weighted by Crippen LogP contribution is 2.31. The lowest BCUT2D eigenvalue weighted by Crippen LogP contribution is -2.28. The van der Waals surface area contributed by atoms with Crippen LogP contribution in [-0.2, 0) is 5.41 Å². The second-order valence-corrected chi connectivity index (χ2v) is 7.57. The molecule has 0 radical (unpaired) electrons. The number of hydrogen-bond donors (Lipinski definition) is 0. The van der Waals surface area contributed by atoms with E-state index in [-0.39, 0.29) is 5.41 Å². The van der Waals surface area contributed by atoms with Gasteiger partial charge in [0.25, 0.3) is 0 Å². The Balaban J connectivity index is 2.38. The fraction of sp³-hybridized carbons (Fsp3) is 0.714. The summed E-state index contributed by atoms with van der Waals surface area (Å²) < 4.78 is 0.977. The Morgan fingerprint density at radius 3 is 2.16 bits per heavy atom. The van der Waals surface area contributed by atoms with E-state index in [9.17, 15) is 0 Å². The van der Waals surface area contributed by atoms with E-state index >= 15 is 0 Å². The van der Waals surface area contributed by atoms with Gasteiger partial charge in [-0.05, 0) is 35.4 Å². The van der Waals surface area contributed by atoms with Gasteiger partial charge < -0.3 is 4.90 Å². The molecule has 0 spiro atoms. The lowest BCUT2D eigenvalue weighted by atomic mass is 9.92. The van der Waals surface area contributed by atoms with Crippen molar-refractivity contribution >= 4 is 40.1 Å². The first-order chi connectivity index (χ1) is 8.89. The van der Waals surface area contributed by atoms with Crippen LogP contribution < -0.4 is 4.90 Å². The minimum absolute atomic E-state index is 0.0102. The SMILES string of the molecule is CC(C)(C)c1nc(N2CCCCCC2)nc(Cl)c1I. The molecular weight excluding hydrogens is 373 g/mol. The zero-order valence-electron chi connectivity index (χ0n) is 11.8. The summed E-state index contributed by atoms with van der Waals surface area (Å²) in [4.78, 5) is 11.6. The number of halogens is 2. The summed E-state index contributed by atoms with van der Waals surface area (Å²) in [7, 11) is 0. The molecule has 1 fully saturated rings. The number of nitrogens with zero attached hydrogens (tertiary/aromatic N) is 3. The van der Waals surface area contributed by atoms with E-state index in [1.807, 2.05) is 0 Å². The van der Waals surface area contributed by atoms with E-state index in [1.165, 1.54) is 25.7 Å². The Morgan fingerprint density at radius 1 is 1.05 bits per heavy atom. The summed E-state index contributed by atoms with van der Waals surface area (Å²) in [5, 5.41) is 0.583. The largest absolute Gasteiger partial charge is 0.341 e. The van der Waals surface area contributed by atoms with Crippen molar-refractivity contribution in [2.75, 3.05) is 18.0 Å². The molecular formula is C14H21ClIN3. The van der Waals surface area contributed by atoms with Gasteiger partial charge in [0, 0.05) is 18.5 Å². The maximum atomic E-state index is 6.30. The molecule has 2 rings (SSSR count). The lowest BCUT2D eigenvalue weighted by Gasteiger charge is -2.25. The van der Waals surface area contributed by atoms with Crippen LogP contribution in [-0.4, -0.2) is 23.1 Å². The van der Waals surface area contributed by atoms with Gasteiger partial charge in [-0.1, -0.05) is 45.2 Å². The van der Waals surface area contributed by atoms with E-state index in [4.69, 9.17) is 16.6 Å². The van der Waals surface area contributed by atoms with Crippen LogP contribution in [0.5, 0.6) is 0 Å². The highest BCUT2D eigenvalue weighted by atomic mass is 127. The normalized spacial score (nSPS) is 17.4. The first kappa shape index (κ1) is 15.3. The second-order valence-electron chi connectivity index (χ2n) is 6.13. The van der Waals surface area contributed by atoms with Gasteiger partial charge in [-0.25, -0.2) is 4.98 Å². The van der Waals surface area contributed by atoms with Crippen molar-refractivity contribution in [2.24, 2.45) is 0 Å². The van der Waals surface area contributed by atoms with Crippen molar-refractivity contribution in [1.29, 1.82) is 0 Å². The smallest absolute Gasteiger partial charge is 0.227 e. The number of hydrogen-bond acceptors (Lipinski definition) is 3. The van der Waals surface area contributed by atoms with Gasteiger partial charge in [0.05, 0.1) is 9.26 Å². The first-order valence-electron chi connectivity index (χ1n) is 6.88. The molecule has 0 saturated carbocycles. The highest BCUT2D eigenvalue weighted by Gasteiger charge is 2.24. The summed E-state index contributed by atoms with van der Waals surface area (Å²) in [5.74, 6) is 0.803. The van der Waals surface area contributed by atoms with Gasteiger partial charge in [-0.3, -0.25) is 0 Å². The lowest BCUT2D eigenvalue weighted by molar-refractivity contribution is 0.560. The van der Waals surface area contributed by atoms with E-state index in [0.717, 1.165) is 28.3 Å². The van der Waals surface area contributed by atoms with Crippen LogP contribution in [0.25, 0.3) is 0 Å². The Morgan fingerprint density at radius 2 is 1.63 bits per heavy atom. The summed E-state index contributed by atoms with van der Waals surface area (Å²) in [6.45, 7) is 8.58. The van der Waals surface area contributed by atoms with Crippen molar-refractivity contribution in [3.05, 3.63) is 14.4 Å². The van der Waals surface area contributed by atoms with Crippen molar-refractivity contribution in [3.63, 3.8) is 0 Å². The monoisotopic (exact) mass is 393 g/mol. The van der Waals surface area contributed by atoms with Gasteiger partial charge in [0.15, 0.2) is 0 Å². The molecule has 1 aliphatic rings. The van der Waals surface area contributed by atoms with E-state index < -0.39 is 0 Å². The van der Waals surface area contributed by atoms with Crippen molar-refractivity contribution in [2.45, 2.75) is 51.9 Å². The number of aromatic nitrogens is 2. The van der Waals surface area contributed by atoms with Gasteiger partial charge in [-0.15, -0.1) is 0 Å². The summed E-state index contributed by atoms with van der Waals surface area (Å²) in [5.41, 5.74) is 1.04.